The smallest absolute Gasteiger partial charge is 0.141 e. The Balaban J connectivity index is 2.36. The van der Waals surface area contributed by atoms with E-state index in [0.29, 0.717) is 16.9 Å². The van der Waals surface area contributed by atoms with Crippen molar-refractivity contribution in [3.05, 3.63) is 59.3 Å². The molecule has 1 aromatic heterocycles. The van der Waals surface area contributed by atoms with Gasteiger partial charge in [-0.3, -0.25) is 0 Å². The Morgan fingerprint density at radius 1 is 1.30 bits per heavy atom. The van der Waals surface area contributed by atoms with Gasteiger partial charge < -0.3 is 4.90 Å². The van der Waals surface area contributed by atoms with Crippen molar-refractivity contribution in [3.8, 4) is 0 Å². The third-order valence-corrected chi connectivity index (χ3v) is 3.61. The molecule has 5 heteroatoms. The van der Waals surface area contributed by atoms with Crippen molar-refractivity contribution in [1.82, 2.24) is 4.98 Å². The maximum Gasteiger partial charge on any atom is 0.141 e. The predicted molar refractivity (Wildman–Crippen MR) is 77.0 cm³/mol. The van der Waals surface area contributed by atoms with Gasteiger partial charge in [-0.2, -0.15) is 0 Å². The van der Waals surface area contributed by atoms with Crippen LogP contribution in [0.25, 0.3) is 0 Å². The van der Waals surface area contributed by atoms with Crippen molar-refractivity contribution in [2.45, 2.75) is 18.8 Å². The zero-order valence-electron chi connectivity index (χ0n) is 11.3. The molecule has 1 unspecified atom stereocenters. The van der Waals surface area contributed by atoms with Crippen molar-refractivity contribution in [2.75, 3.05) is 11.9 Å². The summed E-state index contributed by atoms with van der Waals surface area (Å²) in [5, 5.41) is 0. The van der Waals surface area contributed by atoms with Crippen molar-refractivity contribution >= 4 is 17.4 Å². The van der Waals surface area contributed by atoms with E-state index in [2.05, 4.69) is 4.98 Å². The maximum absolute atomic E-state index is 13.8. The largest absolute Gasteiger partial charge is 0.353 e. The molecule has 1 heterocycles. The zero-order chi connectivity index (χ0) is 14.7. The molecule has 1 atom stereocenters. The molecule has 0 radical (unpaired) electrons. The zero-order valence-corrected chi connectivity index (χ0v) is 12.0. The number of hydrogen-bond donors (Lipinski definition) is 0. The van der Waals surface area contributed by atoms with Gasteiger partial charge in [0, 0.05) is 18.2 Å². The Morgan fingerprint density at radius 2 is 2.00 bits per heavy atom. The third kappa shape index (κ3) is 2.90. The van der Waals surface area contributed by atoms with Gasteiger partial charge in [-0.25, -0.2) is 13.8 Å². The van der Waals surface area contributed by atoms with Crippen LogP contribution in [0.3, 0.4) is 0 Å². The van der Waals surface area contributed by atoms with Crippen LogP contribution in [0.1, 0.15) is 24.1 Å². The van der Waals surface area contributed by atoms with E-state index in [1.807, 2.05) is 6.92 Å². The second-order valence-electron chi connectivity index (χ2n) is 4.58. The molecule has 0 aliphatic heterocycles. The van der Waals surface area contributed by atoms with Crippen LogP contribution in [-0.4, -0.2) is 12.0 Å². The first-order valence-corrected chi connectivity index (χ1v) is 6.75. The number of halogens is 3. The summed E-state index contributed by atoms with van der Waals surface area (Å²) in [7, 11) is 1.79. The van der Waals surface area contributed by atoms with E-state index in [9.17, 15) is 8.78 Å². The van der Waals surface area contributed by atoms with Crippen LogP contribution in [0.15, 0.2) is 36.5 Å². The van der Waals surface area contributed by atoms with Crippen LogP contribution in [-0.2, 0) is 5.88 Å². The molecule has 0 aliphatic rings. The number of aromatic nitrogens is 1. The van der Waals surface area contributed by atoms with Crippen LogP contribution in [0.5, 0.6) is 0 Å². The number of nitrogens with zero attached hydrogens (tertiary/aromatic N) is 2. The lowest BCUT2D eigenvalue weighted by molar-refractivity contribution is 0.582. The van der Waals surface area contributed by atoms with Gasteiger partial charge >= 0.3 is 0 Å². The minimum absolute atomic E-state index is 0.147. The number of hydrogen-bond acceptors (Lipinski definition) is 2. The van der Waals surface area contributed by atoms with Gasteiger partial charge in [0.05, 0.1) is 18.1 Å². The highest BCUT2D eigenvalue weighted by Gasteiger charge is 2.19. The lowest BCUT2D eigenvalue weighted by atomic mass is 10.1. The number of pyridine rings is 1. The van der Waals surface area contributed by atoms with Crippen molar-refractivity contribution in [2.24, 2.45) is 0 Å². The molecule has 1 aromatic carbocycles. The second-order valence-corrected chi connectivity index (χ2v) is 4.85. The number of rotatable bonds is 4. The lowest BCUT2D eigenvalue weighted by Crippen LogP contribution is -2.24. The molecule has 0 N–H and O–H groups in total. The normalized spacial score (nSPS) is 12.2. The molecule has 20 heavy (non-hydrogen) atoms. The first kappa shape index (κ1) is 14.7. The number of anilines is 1. The van der Waals surface area contributed by atoms with Crippen LogP contribution >= 0.6 is 11.6 Å². The summed E-state index contributed by atoms with van der Waals surface area (Å²) in [6.45, 7) is 1.86. The Bertz CT molecular complexity index is 604. The van der Waals surface area contributed by atoms with E-state index in [4.69, 9.17) is 11.6 Å². The van der Waals surface area contributed by atoms with E-state index < -0.39 is 5.82 Å². The van der Waals surface area contributed by atoms with Gasteiger partial charge in [-0.05, 0) is 19.1 Å². The van der Waals surface area contributed by atoms with E-state index in [1.165, 1.54) is 12.1 Å². The monoisotopic (exact) mass is 296 g/mol. The highest BCUT2D eigenvalue weighted by atomic mass is 35.5. The minimum atomic E-state index is -0.434. The summed E-state index contributed by atoms with van der Waals surface area (Å²) in [5.41, 5.74) is 1.14. The van der Waals surface area contributed by atoms with Crippen LogP contribution in [0, 0.1) is 11.6 Å². The quantitative estimate of drug-likeness (QED) is 0.782. The van der Waals surface area contributed by atoms with E-state index >= 15 is 0 Å². The van der Waals surface area contributed by atoms with Crippen molar-refractivity contribution < 1.29 is 8.78 Å². The third-order valence-electron chi connectivity index (χ3n) is 3.32. The van der Waals surface area contributed by atoms with Crippen LogP contribution in [0.4, 0.5) is 14.6 Å². The molecule has 0 bridgehead atoms. The fourth-order valence-electron chi connectivity index (χ4n) is 2.10. The summed E-state index contributed by atoms with van der Waals surface area (Å²) in [6.07, 6.45) is 1.13. The molecule has 2 rings (SSSR count). The molecule has 0 aliphatic carbocycles. The average Bonchev–Trinajstić information content (AvgIpc) is 2.46. The number of alkyl halides is 1. The van der Waals surface area contributed by atoms with E-state index in [-0.39, 0.29) is 17.7 Å². The molecule has 0 spiro atoms. The van der Waals surface area contributed by atoms with Gasteiger partial charge in [0.15, 0.2) is 0 Å². The summed E-state index contributed by atoms with van der Waals surface area (Å²) in [6, 6.07) is 7.67. The summed E-state index contributed by atoms with van der Waals surface area (Å²) < 4.78 is 27.0. The molecule has 2 aromatic rings. The molecule has 0 saturated carbocycles. The van der Waals surface area contributed by atoms with E-state index in [1.54, 1.807) is 30.1 Å². The number of benzene rings is 1. The Labute approximate surface area is 122 Å². The lowest BCUT2D eigenvalue weighted by Gasteiger charge is -2.28. The predicted octanol–water partition coefficient (Wildman–Crippen LogP) is 4.30. The SMILES string of the molecule is CC(c1ccccc1F)N(C)c1ncc(F)cc1CCl. The van der Waals surface area contributed by atoms with Gasteiger partial charge in [-0.15, -0.1) is 11.6 Å². The Morgan fingerprint density at radius 3 is 2.65 bits per heavy atom. The van der Waals surface area contributed by atoms with Crippen LogP contribution < -0.4 is 4.90 Å². The first-order valence-electron chi connectivity index (χ1n) is 6.22. The van der Waals surface area contributed by atoms with Gasteiger partial charge in [0.25, 0.3) is 0 Å². The molecule has 2 nitrogen and oxygen atoms in total. The molecular weight excluding hydrogens is 282 g/mol. The highest BCUT2D eigenvalue weighted by Crippen LogP contribution is 2.28. The summed E-state index contributed by atoms with van der Waals surface area (Å²) >= 11 is 5.82. The van der Waals surface area contributed by atoms with E-state index in [0.717, 1.165) is 6.20 Å². The van der Waals surface area contributed by atoms with Crippen molar-refractivity contribution in [3.63, 3.8) is 0 Å². The minimum Gasteiger partial charge on any atom is -0.353 e. The molecule has 0 saturated heterocycles. The maximum atomic E-state index is 13.8. The Hall–Kier alpha value is -1.68. The highest BCUT2D eigenvalue weighted by molar-refractivity contribution is 6.17. The van der Waals surface area contributed by atoms with Gasteiger partial charge in [0.2, 0.25) is 0 Å². The Kier molecular flexibility index (Phi) is 4.55. The second kappa shape index (κ2) is 6.18. The fraction of sp³-hybridized carbons (Fsp3) is 0.267. The first-order chi connectivity index (χ1) is 9.54. The topological polar surface area (TPSA) is 16.1 Å². The molecule has 0 amide bonds. The van der Waals surface area contributed by atoms with Gasteiger partial charge in [0.1, 0.15) is 17.5 Å². The standard InChI is InChI=1S/C15H15ClF2N2/c1-10(13-5-3-4-6-14(13)18)20(2)15-11(8-16)7-12(17)9-19-15/h3-7,9-10H,8H2,1-2H3. The molecular formula is C15H15ClF2N2. The summed E-state index contributed by atoms with van der Waals surface area (Å²) in [4.78, 5) is 5.86. The van der Waals surface area contributed by atoms with Gasteiger partial charge in [-0.1, -0.05) is 18.2 Å². The fourth-order valence-corrected chi connectivity index (χ4v) is 2.29. The average molecular weight is 297 g/mol. The van der Waals surface area contributed by atoms with Crippen LogP contribution in [0.2, 0.25) is 0 Å². The molecule has 106 valence electrons. The van der Waals surface area contributed by atoms with Crippen molar-refractivity contribution in [1.29, 1.82) is 0 Å². The summed E-state index contributed by atoms with van der Waals surface area (Å²) in [5.74, 6) is -0.0103. The molecule has 0 fully saturated rings.